The lowest BCUT2D eigenvalue weighted by Crippen LogP contribution is -2.09. The lowest BCUT2D eigenvalue weighted by atomic mass is 10.0. The van der Waals surface area contributed by atoms with Gasteiger partial charge in [0, 0.05) is 25.8 Å². The van der Waals surface area contributed by atoms with E-state index >= 15 is 0 Å². The molecular formula is C13H21NO. The molecule has 0 atom stereocenters. The standard InChI is InChI=1S/C13H21NO/c1-6-15-13-9-11(14(4)5)7-8-12(13)10(2)3/h7-10H,6H2,1-5H3. The molecule has 2 heteroatoms. The van der Waals surface area contributed by atoms with Gasteiger partial charge in [-0.05, 0) is 24.5 Å². The van der Waals surface area contributed by atoms with E-state index in [4.69, 9.17) is 4.74 Å². The van der Waals surface area contributed by atoms with Gasteiger partial charge in [0.25, 0.3) is 0 Å². The Morgan fingerprint density at radius 1 is 1.27 bits per heavy atom. The van der Waals surface area contributed by atoms with Crippen molar-refractivity contribution in [2.24, 2.45) is 0 Å². The molecule has 0 aromatic heterocycles. The summed E-state index contributed by atoms with van der Waals surface area (Å²) >= 11 is 0. The summed E-state index contributed by atoms with van der Waals surface area (Å²) in [7, 11) is 4.08. The molecule has 0 fully saturated rings. The van der Waals surface area contributed by atoms with E-state index in [2.05, 4.69) is 36.9 Å². The zero-order valence-corrected chi connectivity index (χ0v) is 10.4. The van der Waals surface area contributed by atoms with Gasteiger partial charge in [-0.15, -0.1) is 0 Å². The molecule has 0 heterocycles. The molecule has 2 nitrogen and oxygen atoms in total. The maximum Gasteiger partial charge on any atom is 0.124 e. The summed E-state index contributed by atoms with van der Waals surface area (Å²) in [5, 5.41) is 0. The van der Waals surface area contributed by atoms with Gasteiger partial charge in [0.15, 0.2) is 0 Å². The summed E-state index contributed by atoms with van der Waals surface area (Å²) < 4.78 is 5.66. The van der Waals surface area contributed by atoms with Crippen molar-refractivity contribution in [1.29, 1.82) is 0 Å². The van der Waals surface area contributed by atoms with Crippen LogP contribution in [-0.2, 0) is 0 Å². The topological polar surface area (TPSA) is 12.5 Å². The van der Waals surface area contributed by atoms with Crippen molar-refractivity contribution >= 4 is 5.69 Å². The first-order valence-electron chi connectivity index (χ1n) is 5.50. The van der Waals surface area contributed by atoms with Crippen LogP contribution < -0.4 is 9.64 Å². The largest absolute Gasteiger partial charge is 0.494 e. The molecule has 0 radical (unpaired) electrons. The highest BCUT2D eigenvalue weighted by Gasteiger charge is 2.09. The quantitative estimate of drug-likeness (QED) is 0.751. The van der Waals surface area contributed by atoms with Gasteiger partial charge in [0.1, 0.15) is 5.75 Å². The molecule has 0 aliphatic carbocycles. The molecule has 0 saturated carbocycles. The van der Waals surface area contributed by atoms with Crippen LogP contribution in [0.25, 0.3) is 0 Å². The first kappa shape index (κ1) is 11.9. The third kappa shape index (κ3) is 2.88. The van der Waals surface area contributed by atoms with Crippen LogP contribution in [0.15, 0.2) is 18.2 Å². The summed E-state index contributed by atoms with van der Waals surface area (Å²) in [6.07, 6.45) is 0. The van der Waals surface area contributed by atoms with Crippen LogP contribution in [-0.4, -0.2) is 20.7 Å². The Morgan fingerprint density at radius 2 is 1.93 bits per heavy atom. The predicted molar refractivity (Wildman–Crippen MR) is 66.0 cm³/mol. The van der Waals surface area contributed by atoms with Gasteiger partial charge in [0.05, 0.1) is 6.61 Å². The Bertz CT molecular complexity index is 318. The van der Waals surface area contributed by atoms with Gasteiger partial charge in [0.2, 0.25) is 0 Å². The van der Waals surface area contributed by atoms with Crippen molar-refractivity contribution in [3.05, 3.63) is 23.8 Å². The molecule has 84 valence electrons. The van der Waals surface area contributed by atoms with Crippen molar-refractivity contribution < 1.29 is 4.74 Å². The second-order valence-electron chi connectivity index (χ2n) is 4.20. The lowest BCUT2D eigenvalue weighted by Gasteiger charge is -2.18. The molecule has 0 N–H and O–H groups in total. The van der Waals surface area contributed by atoms with Crippen LogP contribution in [0.3, 0.4) is 0 Å². The number of hydrogen-bond donors (Lipinski definition) is 0. The second-order valence-corrected chi connectivity index (χ2v) is 4.20. The second kappa shape index (κ2) is 5.06. The molecule has 15 heavy (non-hydrogen) atoms. The van der Waals surface area contributed by atoms with E-state index in [1.807, 2.05) is 21.0 Å². The summed E-state index contributed by atoms with van der Waals surface area (Å²) in [6.45, 7) is 7.11. The van der Waals surface area contributed by atoms with Crippen LogP contribution in [0.2, 0.25) is 0 Å². The minimum atomic E-state index is 0.503. The molecule has 0 saturated heterocycles. The summed E-state index contributed by atoms with van der Waals surface area (Å²) in [5.74, 6) is 1.52. The number of rotatable bonds is 4. The van der Waals surface area contributed by atoms with Crippen molar-refractivity contribution in [3.8, 4) is 5.75 Å². The third-order valence-electron chi connectivity index (χ3n) is 2.44. The van der Waals surface area contributed by atoms with E-state index in [1.165, 1.54) is 11.3 Å². The summed E-state index contributed by atoms with van der Waals surface area (Å²) in [5.41, 5.74) is 2.46. The highest BCUT2D eigenvalue weighted by Crippen LogP contribution is 2.30. The van der Waals surface area contributed by atoms with Gasteiger partial charge in [-0.3, -0.25) is 0 Å². The van der Waals surface area contributed by atoms with Crippen molar-refractivity contribution in [3.63, 3.8) is 0 Å². The van der Waals surface area contributed by atoms with Crippen LogP contribution in [0.5, 0.6) is 5.75 Å². The smallest absolute Gasteiger partial charge is 0.124 e. The van der Waals surface area contributed by atoms with E-state index in [9.17, 15) is 0 Å². The van der Waals surface area contributed by atoms with Gasteiger partial charge in [-0.1, -0.05) is 19.9 Å². The van der Waals surface area contributed by atoms with Gasteiger partial charge in [-0.25, -0.2) is 0 Å². The Labute approximate surface area is 92.9 Å². The van der Waals surface area contributed by atoms with E-state index in [0.29, 0.717) is 5.92 Å². The normalized spacial score (nSPS) is 10.5. The SMILES string of the molecule is CCOc1cc(N(C)C)ccc1C(C)C. The Kier molecular flexibility index (Phi) is 4.01. The Balaban J connectivity index is 3.08. The summed E-state index contributed by atoms with van der Waals surface area (Å²) in [4.78, 5) is 2.09. The van der Waals surface area contributed by atoms with Gasteiger partial charge >= 0.3 is 0 Å². The molecule has 1 aromatic carbocycles. The first-order chi connectivity index (χ1) is 7.06. The van der Waals surface area contributed by atoms with Crippen LogP contribution >= 0.6 is 0 Å². The van der Waals surface area contributed by atoms with E-state index in [1.54, 1.807) is 0 Å². The molecule has 1 aromatic rings. The van der Waals surface area contributed by atoms with Crippen LogP contribution in [0, 0.1) is 0 Å². The van der Waals surface area contributed by atoms with Gasteiger partial charge < -0.3 is 9.64 Å². The lowest BCUT2D eigenvalue weighted by molar-refractivity contribution is 0.335. The fourth-order valence-corrected chi connectivity index (χ4v) is 1.56. The van der Waals surface area contributed by atoms with E-state index < -0.39 is 0 Å². The molecule has 0 amide bonds. The number of hydrogen-bond acceptors (Lipinski definition) is 2. The minimum absolute atomic E-state index is 0.503. The Hall–Kier alpha value is -1.18. The van der Waals surface area contributed by atoms with Crippen LogP contribution in [0.1, 0.15) is 32.3 Å². The maximum atomic E-state index is 5.66. The molecule has 0 bridgehead atoms. The minimum Gasteiger partial charge on any atom is -0.494 e. The van der Waals surface area contributed by atoms with Crippen molar-refractivity contribution in [2.75, 3.05) is 25.6 Å². The van der Waals surface area contributed by atoms with Gasteiger partial charge in [-0.2, -0.15) is 0 Å². The fourth-order valence-electron chi connectivity index (χ4n) is 1.56. The Morgan fingerprint density at radius 3 is 2.40 bits per heavy atom. The van der Waals surface area contributed by atoms with E-state index in [-0.39, 0.29) is 0 Å². The molecule has 0 aliphatic heterocycles. The average molecular weight is 207 g/mol. The third-order valence-corrected chi connectivity index (χ3v) is 2.44. The zero-order chi connectivity index (χ0) is 11.4. The van der Waals surface area contributed by atoms with Crippen molar-refractivity contribution in [2.45, 2.75) is 26.7 Å². The van der Waals surface area contributed by atoms with Crippen LogP contribution in [0.4, 0.5) is 5.69 Å². The maximum absolute atomic E-state index is 5.66. The number of anilines is 1. The first-order valence-corrected chi connectivity index (χ1v) is 5.50. The molecule has 0 aliphatic rings. The number of benzene rings is 1. The average Bonchev–Trinajstić information content (AvgIpc) is 2.17. The zero-order valence-electron chi connectivity index (χ0n) is 10.4. The monoisotopic (exact) mass is 207 g/mol. The highest BCUT2D eigenvalue weighted by atomic mass is 16.5. The number of nitrogens with zero attached hydrogens (tertiary/aromatic N) is 1. The highest BCUT2D eigenvalue weighted by molar-refractivity contribution is 5.53. The molecule has 0 spiro atoms. The number of ether oxygens (including phenoxy) is 1. The summed E-state index contributed by atoms with van der Waals surface area (Å²) in [6, 6.07) is 6.40. The molecular weight excluding hydrogens is 186 g/mol. The van der Waals surface area contributed by atoms with E-state index in [0.717, 1.165) is 12.4 Å². The van der Waals surface area contributed by atoms with Crippen molar-refractivity contribution in [1.82, 2.24) is 0 Å². The predicted octanol–water partition coefficient (Wildman–Crippen LogP) is 3.27. The fraction of sp³-hybridized carbons (Fsp3) is 0.538. The molecule has 1 rings (SSSR count). The molecule has 0 unspecified atom stereocenters.